The van der Waals surface area contributed by atoms with Crippen molar-refractivity contribution in [2.75, 3.05) is 6.61 Å². The summed E-state index contributed by atoms with van der Waals surface area (Å²) in [5.74, 6) is -0.569. The van der Waals surface area contributed by atoms with E-state index in [9.17, 15) is 14.4 Å². The Kier molecular flexibility index (Phi) is 4.77. The third-order valence-corrected chi connectivity index (χ3v) is 4.44. The minimum Gasteiger partial charge on any atom is -0.458 e. The molecule has 0 spiro atoms. The summed E-state index contributed by atoms with van der Waals surface area (Å²) in [5.41, 5.74) is 1.28. The lowest BCUT2D eigenvalue weighted by molar-refractivity contribution is -0.359. The number of hydrogen-bond acceptors (Lipinski definition) is 4. The van der Waals surface area contributed by atoms with Gasteiger partial charge < -0.3 is 4.74 Å². The third-order valence-electron chi connectivity index (χ3n) is 4.44. The molecule has 0 aliphatic heterocycles. The lowest BCUT2D eigenvalue weighted by atomic mass is 9.96. The average molecular weight is 366 g/mol. The van der Waals surface area contributed by atoms with E-state index in [-0.39, 0.29) is 17.6 Å². The Morgan fingerprint density at radius 3 is 2.48 bits per heavy atom. The summed E-state index contributed by atoms with van der Waals surface area (Å²) in [6, 6.07) is 9.10. The molecule has 2 aromatic heterocycles. The predicted molar refractivity (Wildman–Crippen MR) is 102 cm³/mol. The topological polar surface area (TPSA) is 84.4 Å². The number of aryl methyl sites for hydroxylation is 2. The zero-order valence-electron chi connectivity index (χ0n) is 15.4. The molecule has 0 bridgehead atoms. The fourth-order valence-corrected chi connectivity index (χ4v) is 3.12. The zero-order chi connectivity index (χ0) is 19.7. The third kappa shape index (κ3) is 2.97. The molecule has 0 saturated carbocycles. The van der Waals surface area contributed by atoms with Crippen LogP contribution in [-0.2, 0) is 18.8 Å². The summed E-state index contributed by atoms with van der Waals surface area (Å²) in [7, 11) is 2.99. The molecule has 0 saturated heterocycles. The first-order valence-electron chi connectivity index (χ1n) is 8.37. The Morgan fingerprint density at radius 2 is 1.85 bits per heavy atom. The molecular formula is C20H20N3O4+. The highest BCUT2D eigenvalue weighted by Gasteiger charge is 2.28. The van der Waals surface area contributed by atoms with E-state index < -0.39 is 17.2 Å². The van der Waals surface area contributed by atoms with Gasteiger partial charge in [0.05, 0.1) is 7.05 Å². The van der Waals surface area contributed by atoms with Gasteiger partial charge in [-0.2, -0.15) is 4.57 Å². The van der Waals surface area contributed by atoms with E-state index in [1.165, 1.54) is 17.7 Å². The van der Waals surface area contributed by atoms with Gasteiger partial charge in [0, 0.05) is 12.6 Å². The number of nitrogens with zero attached hydrogens (tertiary/aromatic N) is 2. The van der Waals surface area contributed by atoms with Crippen molar-refractivity contribution < 1.29 is 14.5 Å². The minimum atomic E-state index is -0.569. The van der Waals surface area contributed by atoms with Crippen LogP contribution in [0.25, 0.3) is 22.2 Å². The first-order chi connectivity index (χ1) is 12.9. The van der Waals surface area contributed by atoms with Crippen LogP contribution in [0.2, 0.25) is 0 Å². The molecule has 1 N–H and O–H groups in total. The molecule has 3 aromatic rings. The molecule has 138 valence electrons. The van der Waals surface area contributed by atoms with Crippen molar-refractivity contribution in [3.05, 3.63) is 75.1 Å². The van der Waals surface area contributed by atoms with Gasteiger partial charge in [0.15, 0.2) is 0 Å². The normalized spacial score (nSPS) is 10.8. The van der Waals surface area contributed by atoms with Crippen LogP contribution in [0, 0.1) is 6.92 Å². The molecule has 0 aliphatic carbocycles. The summed E-state index contributed by atoms with van der Waals surface area (Å²) >= 11 is 0. The number of carbonyl (C=O) groups excluding carboxylic acids is 1. The molecule has 3 rings (SSSR count). The van der Waals surface area contributed by atoms with Crippen LogP contribution >= 0.6 is 0 Å². The van der Waals surface area contributed by atoms with Gasteiger partial charge in [0.1, 0.15) is 23.3 Å². The first-order valence-corrected chi connectivity index (χ1v) is 8.37. The number of esters is 1. The Labute approximate surface area is 155 Å². The number of H-pyrrole nitrogens is 1. The molecule has 7 nitrogen and oxygen atoms in total. The molecular weight excluding hydrogens is 346 g/mol. The van der Waals surface area contributed by atoms with E-state index in [2.05, 4.69) is 11.6 Å². The molecule has 27 heavy (non-hydrogen) atoms. The number of pyridine rings is 1. The van der Waals surface area contributed by atoms with Gasteiger partial charge in [-0.3, -0.25) is 4.79 Å². The predicted octanol–water partition coefficient (Wildman–Crippen LogP) is 1.37. The Balaban J connectivity index is 2.55. The van der Waals surface area contributed by atoms with Crippen molar-refractivity contribution in [1.29, 1.82) is 0 Å². The van der Waals surface area contributed by atoms with Crippen molar-refractivity contribution in [2.24, 2.45) is 14.1 Å². The van der Waals surface area contributed by atoms with Crippen molar-refractivity contribution >= 4 is 17.0 Å². The van der Waals surface area contributed by atoms with E-state index >= 15 is 0 Å². The number of nitrogens with one attached hydrogen (secondary N) is 1. The van der Waals surface area contributed by atoms with E-state index in [0.29, 0.717) is 22.5 Å². The molecule has 0 unspecified atom stereocenters. The highest BCUT2D eigenvalue weighted by molar-refractivity contribution is 6.05. The first kappa shape index (κ1) is 18.3. The maximum atomic E-state index is 13.0. The van der Waals surface area contributed by atoms with Gasteiger partial charge >= 0.3 is 11.7 Å². The van der Waals surface area contributed by atoms with Crippen LogP contribution in [0.5, 0.6) is 0 Å². The van der Waals surface area contributed by atoms with E-state index in [0.717, 1.165) is 4.57 Å². The number of aromatic amines is 1. The van der Waals surface area contributed by atoms with Crippen LogP contribution in [0.1, 0.15) is 16.1 Å². The number of benzene rings is 1. The molecule has 0 atom stereocenters. The molecule has 2 heterocycles. The summed E-state index contributed by atoms with van der Waals surface area (Å²) in [6.45, 7) is 5.31. The lowest BCUT2D eigenvalue weighted by Crippen LogP contribution is -2.40. The molecule has 1 aromatic carbocycles. The maximum absolute atomic E-state index is 13.0. The number of fused-ring (bicyclic) bond motifs is 1. The second kappa shape index (κ2) is 7.03. The van der Waals surface area contributed by atoms with Crippen molar-refractivity contribution in [3.63, 3.8) is 0 Å². The lowest BCUT2D eigenvalue weighted by Gasteiger charge is -2.13. The largest absolute Gasteiger partial charge is 0.458 e. The van der Waals surface area contributed by atoms with E-state index in [4.69, 9.17) is 4.74 Å². The highest BCUT2D eigenvalue weighted by atomic mass is 16.5. The molecule has 0 amide bonds. The van der Waals surface area contributed by atoms with E-state index in [1.54, 1.807) is 14.0 Å². The number of hydrogen-bond donors (Lipinski definition) is 0. The number of carbonyl (C=O) groups is 1. The zero-order valence-corrected chi connectivity index (χ0v) is 15.4. The summed E-state index contributed by atoms with van der Waals surface area (Å²) < 4.78 is 7.62. The summed E-state index contributed by atoms with van der Waals surface area (Å²) in [6.07, 6.45) is 1.48. The second-order valence-electron chi connectivity index (χ2n) is 6.18. The Morgan fingerprint density at radius 1 is 1.19 bits per heavy atom. The standard InChI is InChI=1S/C20H19N3O4/c1-5-11-27-19(25)14-12(2)21-17-16(15(14)13-9-7-6-8-10-13)18(24)23(4)20(26)22(17)3/h5-10H,1,11H2,2-4H3/p+1. The van der Waals surface area contributed by atoms with Gasteiger partial charge in [-0.05, 0) is 12.5 Å². The smallest absolute Gasteiger partial charge is 0.417 e. The number of ether oxygens (including phenoxy) is 1. The van der Waals surface area contributed by atoms with Gasteiger partial charge in [-0.25, -0.2) is 19.1 Å². The Bertz CT molecular complexity index is 1170. The molecule has 7 heteroatoms. The second-order valence-corrected chi connectivity index (χ2v) is 6.18. The number of rotatable bonds is 4. The van der Waals surface area contributed by atoms with Crippen LogP contribution in [0.15, 0.2) is 52.6 Å². The average Bonchev–Trinajstić information content (AvgIpc) is 2.68. The maximum Gasteiger partial charge on any atom is 0.417 e. The molecule has 0 aliphatic rings. The van der Waals surface area contributed by atoms with E-state index in [1.807, 2.05) is 30.3 Å². The quantitative estimate of drug-likeness (QED) is 0.516. The fraction of sp³-hybridized carbons (Fsp3) is 0.200. The Hall–Kier alpha value is -3.48. The van der Waals surface area contributed by atoms with Crippen LogP contribution < -0.4 is 16.2 Å². The summed E-state index contributed by atoms with van der Waals surface area (Å²) in [4.78, 5) is 41.1. The van der Waals surface area contributed by atoms with Crippen LogP contribution in [0.4, 0.5) is 0 Å². The van der Waals surface area contributed by atoms with Gasteiger partial charge in [0.2, 0.25) is 0 Å². The van der Waals surface area contributed by atoms with Crippen molar-refractivity contribution in [2.45, 2.75) is 6.92 Å². The highest BCUT2D eigenvalue weighted by Crippen LogP contribution is 2.29. The van der Waals surface area contributed by atoms with Gasteiger partial charge in [0.25, 0.3) is 11.2 Å². The molecule has 0 radical (unpaired) electrons. The molecule has 0 fully saturated rings. The van der Waals surface area contributed by atoms with Gasteiger partial charge in [-0.15, -0.1) is 0 Å². The number of aromatic nitrogens is 3. The van der Waals surface area contributed by atoms with Crippen molar-refractivity contribution in [1.82, 2.24) is 9.13 Å². The van der Waals surface area contributed by atoms with Gasteiger partial charge in [-0.1, -0.05) is 43.0 Å². The fourth-order valence-electron chi connectivity index (χ4n) is 3.12. The SMILES string of the molecule is C=CCOC(=O)c1c(C)[nH+]c2c(c1-c1ccccc1)c(=O)n(C)c(=O)n2C. The van der Waals surface area contributed by atoms with Crippen LogP contribution in [-0.4, -0.2) is 21.7 Å². The van der Waals surface area contributed by atoms with Crippen LogP contribution in [0.3, 0.4) is 0 Å². The monoisotopic (exact) mass is 366 g/mol. The summed E-state index contributed by atoms with van der Waals surface area (Å²) in [5, 5.41) is 0.252. The minimum absolute atomic E-state index is 0.0514. The van der Waals surface area contributed by atoms with Crippen molar-refractivity contribution in [3.8, 4) is 11.1 Å².